The van der Waals surface area contributed by atoms with E-state index in [1.54, 1.807) is 19.1 Å². The molecule has 0 radical (unpaired) electrons. The zero-order chi connectivity index (χ0) is 15.0. The van der Waals surface area contributed by atoms with Gasteiger partial charge in [0.2, 0.25) is 0 Å². The largest absolute Gasteiger partial charge is 0.466 e. The first kappa shape index (κ1) is 14.7. The molecule has 0 aliphatic carbocycles. The van der Waals surface area contributed by atoms with Gasteiger partial charge in [-0.15, -0.1) is 0 Å². The summed E-state index contributed by atoms with van der Waals surface area (Å²) in [7, 11) is 2.52. The molecule has 0 spiro atoms. The van der Waals surface area contributed by atoms with Crippen LogP contribution in [-0.2, 0) is 28.5 Å². The second-order valence-corrected chi connectivity index (χ2v) is 4.80. The molecule has 2 aliphatic heterocycles. The third kappa shape index (κ3) is 1.96. The van der Waals surface area contributed by atoms with Crippen LogP contribution >= 0.6 is 0 Å². The molecule has 0 saturated carbocycles. The van der Waals surface area contributed by atoms with E-state index in [-0.39, 0.29) is 17.8 Å². The van der Waals surface area contributed by atoms with Crippen molar-refractivity contribution < 1.29 is 28.5 Å². The summed E-state index contributed by atoms with van der Waals surface area (Å²) in [5.41, 5.74) is -1.74. The quantitative estimate of drug-likeness (QED) is 0.548. The van der Waals surface area contributed by atoms with Gasteiger partial charge >= 0.3 is 11.9 Å². The fourth-order valence-electron chi connectivity index (χ4n) is 2.66. The van der Waals surface area contributed by atoms with Crippen LogP contribution in [0, 0.1) is 0 Å². The number of fused-ring (bicyclic) bond motifs is 2. The van der Waals surface area contributed by atoms with Crippen LogP contribution in [0.25, 0.3) is 0 Å². The van der Waals surface area contributed by atoms with Crippen LogP contribution in [0.4, 0.5) is 0 Å². The Kier molecular flexibility index (Phi) is 3.71. The zero-order valence-corrected chi connectivity index (χ0v) is 12.0. The van der Waals surface area contributed by atoms with Crippen molar-refractivity contribution in [2.24, 2.45) is 0 Å². The molecule has 2 heterocycles. The summed E-state index contributed by atoms with van der Waals surface area (Å²) in [6.45, 7) is 4.16. The number of carbonyl (C=O) groups excluding carboxylic acids is 2. The van der Waals surface area contributed by atoms with Crippen molar-refractivity contribution in [1.82, 2.24) is 0 Å². The van der Waals surface area contributed by atoms with Crippen molar-refractivity contribution in [3.8, 4) is 0 Å². The van der Waals surface area contributed by atoms with Crippen LogP contribution in [0.15, 0.2) is 23.3 Å². The van der Waals surface area contributed by atoms with Gasteiger partial charge in [-0.1, -0.05) is 0 Å². The van der Waals surface area contributed by atoms with Gasteiger partial charge in [-0.3, -0.25) is 0 Å². The molecule has 0 aromatic heterocycles. The standard InChI is InChI=1S/C14H18O6/c1-5-19-8-14-7-6-13(2,20-14)9(11(15)17-3)10(14)12(16)18-4/h6-7H,5,8H2,1-4H3/t13-,14-/m0/s1. The van der Waals surface area contributed by atoms with E-state index in [1.165, 1.54) is 14.2 Å². The lowest BCUT2D eigenvalue weighted by Gasteiger charge is -2.25. The first-order valence-corrected chi connectivity index (χ1v) is 6.34. The van der Waals surface area contributed by atoms with E-state index < -0.39 is 23.1 Å². The van der Waals surface area contributed by atoms with Crippen LogP contribution in [0.2, 0.25) is 0 Å². The van der Waals surface area contributed by atoms with Crippen molar-refractivity contribution in [3.63, 3.8) is 0 Å². The van der Waals surface area contributed by atoms with Gasteiger partial charge in [0, 0.05) is 6.61 Å². The molecule has 0 saturated heterocycles. The Hall–Kier alpha value is -1.66. The molecule has 0 aromatic rings. The zero-order valence-electron chi connectivity index (χ0n) is 12.0. The van der Waals surface area contributed by atoms with E-state index in [0.29, 0.717) is 6.61 Å². The average Bonchev–Trinajstić information content (AvgIpc) is 2.92. The van der Waals surface area contributed by atoms with Crippen LogP contribution < -0.4 is 0 Å². The second kappa shape index (κ2) is 5.03. The van der Waals surface area contributed by atoms with Crippen molar-refractivity contribution in [2.45, 2.75) is 25.0 Å². The van der Waals surface area contributed by atoms with Gasteiger partial charge in [-0.25, -0.2) is 9.59 Å². The Morgan fingerprint density at radius 2 is 1.75 bits per heavy atom. The second-order valence-electron chi connectivity index (χ2n) is 4.80. The Morgan fingerprint density at radius 1 is 1.15 bits per heavy atom. The topological polar surface area (TPSA) is 71.1 Å². The first-order valence-electron chi connectivity index (χ1n) is 6.34. The van der Waals surface area contributed by atoms with Crippen LogP contribution in [0.5, 0.6) is 0 Å². The normalized spacial score (nSPS) is 30.8. The van der Waals surface area contributed by atoms with Gasteiger partial charge in [0.25, 0.3) is 0 Å². The van der Waals surface area contributed by atoms with E-state index in [1.807, 2.05) is 6.92 Å². The summed E-state index contributed by atoms with van der Waals surface area (Å²) in [6.07, 6.45) is 3.48. The van der Waals surface area contributed by atoms with Crippen molar-refractivity contribution in [1.29, 1.82) is 0 Å². The highest BCUT2D eigenvalue weighted by Gasteiger charge is 2.60. The number of methoxy groups -OCH3 is 2. The number of hydrogen-bond donors (Lipinski definition) is 0. The maximum absolute atomic E-state index is 12.1. The molecule has 0 aromatic carbocycles. The van der Waals surface area contributed by atoms with Gasteiger partial charge in [0.05, 0.1) is 32.0 Å². The van der Waals surface area contributed by atoms with Crippen molar-refractivity contribution >= 4 is 11.9 Å². The van der Waals surface area contributed by atoms with Gasteiger partial charge in [0.1, 0.15) is 11.2 Å². The van der Waals surface area contributed by atoms with E-state index in [0.717, 1.165) is 0 Å². The van der Waals surface area contributed by atoms with E-state index in [2.05, 4.69) is 0 Å². The molecule has 2 bridgehead atoms. The number of ether oxygens (including phenoxy) is 4. The van der Waals surface area contributed by atoms with Crippen LogP contribution in [-0.4, -0.2) is 50.6 Å². The lowest BCUT2D eigenvalue weighted by Crippen LogP contribution is -2.37. The number of esters is 2. The number of carbonyl (C=O) groups is 2. The minimum Gasteiger partial charge on any atom is -0.466 e. The number of rotatable bonds is 5. The molecule has 20 heavy (non-hydrogen) atoms. The minimum atomic E-state index is -1.08. The Labute approximate surface area is 117 Å². The predicted octanol–water partition coefficient (Wildman–Crippen LogP) is 0.763. The summed E-state index contributed by atoms with van der Waals surface area (Å²) in [4.78, 5) is 24.1. The lowest BCUT2D eigenvalue weighted by molar-refractivity contribution is -0.140. The smallest absolute Gasteiger partial charge is 0.337 e. The molecule has 6 nitrogen and oxygen atoms in total. The summed E-state index contributed by atoms with van der Waals surface area (Å²) in [5.74, 6) is -1.21. The molecular weight excluding hydrogens is 264 g/mol. The Balaban J connectivity index is 2.54. The molecule has 2 atom stereocenters. The van der Waals surface area contributed by atoms with E-state index in [4.69, 9.17) is 18.9 Å². The highest BCUT2D eigenvalue weighted by Crippen LogP contribution is 2.50. The summed E-state index contributed by atoms with van der Waals surface area (Å²) < 4.78 is 20.9. The summed E-state index contributed by atoms with van der Waals surface area (Å²) in [5, 5.41) is 0. The maximum atomic E-state index is 12.1. The van der Waals surface area contributed by atoms with Crippen molar-refractivity contribution in [3.05, 3.63) is 23.3 Å². The average molecular weight is 282 g/mol. The molecular formula is C14H18O6. The van der Waals surface area contributed by atoms with Crippen molar-refractivity contribution in [2.75, 3.05) is 27.4 Å². The summed E-state index contributed by atoms with van der Waals surface area (Å²) >= 11 is 0. The molecule has 2 aliphatic rings. The van der Waals surface area contributed by atoms with Gasteiger partial charge in [0.15, 0.2) is 0 Å². The first-order chi connectivity index (χ1) is 9.44. The maximum Gasteiger partial charge on any atom is 0.337 e. The van der Waals surface area contributed by atoms with E-state index in [9.17, 15) is 9.59 Å². The molecule has 0 amide bonds. The van der Waals surface area contributed by atoms with Gasteiger partial charge < -0.3 is 18.9 Å². The SMILES string of the molecule is CCOC[C@]12C=C[C@](C)(O1)C(C(=O)OC)=C2C(=O)OC. The Morgan fingerprint density at radius 3 is 2.30 bits per heavy atom. The molecule has 0 fully saturated rings. The number of hydrogen-bond acceptors (Lipinski definition) is 6. The third-order valence-electron chi connectivity index (χ3n) is 3.53. The fourth-order valence-corrected chi connectivity index (χ4v) is 2.66. The fraction of sp³-hybridized carbons (Fsp3) is 0.571. The predicted molar refractivity (Wildman–Crippen MR) is 68.9 cm³/mol. The molecule has 110 valence electrons. The van der Waals surface area contributed by atoms with Crippen LogP contribution in [0.3, 0.4) is 0 Å². The molecule has 0 N–H and O–H groups in total. The summed E-state index contributed by atoms with van der Waals surface area (Å²) in [6, 6.07) is 0. The van der Waals surface area contributed by atoms with Gasteiger partial charge in [-0.2, -0.15) is 0 Å². The highest BCUT2D eigenvalue weighted by molar-refractivity contribution is 6.05. The van der Waals surface area contributed by atoms with E-state index >= 15 is 0 Å². The lowest BCUT2D eigenvalue weighted by atomic mass is 9.82. The highest BCUT2D eigenvalue weighted by atomic mass is 16.6. The molecule has 2 rings (SSSR count). The monoisotopic (exact) mass is 282 g/mol. The molecule has 0 unspecified atom stereocenters. The Bertz CT molecular complexity index is 506. The third-order valence-corrected chi connectivity index (χ3v) is 3.53. The molecule has 6 heteroatoms. The minimum absolute atomic E-state index is 0.139. The van der Waals surface area contributed by atoms with Gasteiger partial charge in [-0.05, 0) is 26.0 Å². The van der Waals surface area contributed by atoms with Crippen LogP contribution in [0.1, 0.15) is 13.8 Å².